The van der Waals surface area contributed by atoms with Gasteiger partial charge in [0.1, 0.15) is 0 Å². The Hall–Kier alpha value is -0.980. The maximum Gasteiger partial charge on any atom is 0.0345 e. The first-order chi connectivity index (χ1) is 8.15. The minimum Gasteiger partial charge on any atom is -0.382 e. The lowest BCUT2D eigenvalue weighted by Gasteiger charge is -2.28. The maximum atomic E-state index is 3.71. The Kier molecular flexibility index (Phi) is 4.09. The summed E-state index contributed by atoms with van der Waals surface area (Å²) in [6.07, 6.45) is 5.44. The molecule has 1 aromatic carbocycles. The molecular weight excluding hydrogens is 206 g/mol. The van der Waals surface area contributed by atoms with E-state index in [1.165, 1.54) is 36.9 Å². The smallest absolute Gasteiger partial charge is 0.0345 e. The zero-order valence-corrected chi connectivity index (χ0v) is 11.4. The lowest BCUT2D eigenvalue weighted by molar-refractivity contribution is 0.358. The SMILES string of the molecule is CC1CCCC(Nc2cccc(C(C)C)c2)C1. The molecule has 0 aromatic heterocycles. The molecule has 0 radical (unpaired) electrons. The molecule has 0 spiro atoms. The lowest BCUT2D eigenvalue weighted by atomic mass is 9.87. The third-order valence-electron chi connectivity index (χ3n) is 3.86. The normalized spacial score (nSPS) is 24.9. The fraction of sp³-hybridized carbons (Fsp3) is 0.625. The van der Waals surface area contributed by atoms with Crippen molar-refractivity contribution in [1.82, 2.24) is 0 Å². The van der Waals surface area contributed by atoms with Gasteiger partial charge in [-0.3, -0.25) is 0 Å². The Labute approximate surface area is 106 Å². The Morgan fingerprint density at radius 1 is 1.24 bits per heavy atom. The van der Waals surface area contributed by atoms with Crippen molar-refractivity contribution in [2.24, 2.45) is 5.92 Å². The molecule has 0 heterocycles. The summed E-state index contributed by atoms with van der Waals surface area (Å²) in [5.41, 5.74) is 2.73. The fourth-order valence-corrected chi connectivity index (χ4v) is 2.79. The number of benzene rings is 1. The average molecular weight is 231 g/mol. The van der Waals surface area contributed by atoms with Crippen LogP contribution < -0.4 is 5.32 Å². The maximum absolute atomic E-state index is 3.71. The fourth-order valence-electron chi connectivity index (χ4n) is 2.79. The Morgan fingerprint density at radius 3 is 2.76 bits per heavy atom. The number of nitrogens with one attached hydrogen (secondary N) is 1. The van der Waals surface area contributed by atoms with Gasteiger partial charge in [-0.2, -0.15) is 0 Å². The predicted molar refractivity (Wildman–Crippen MR) is 75.6 cm³/mol. The zero-order chi connectivity index (χ0) is 12.3. The van der Waals surface area contributed by atoms with E-state index in [1.807, 2.05) is 0 Å². The molecule has 1 aliphatic carbocycles. The predicted octanol–water partition coefficient (Wildman–Crippen LogP) is 4.80. The van der Waals surface area contributed by atoms with E-state index < -0.39 is 0 Å². The van der Waals surface area contributed by atoms with Crippen molar-refractivity contribution >= 4 is 5.69 Å². The molecule has 1 aromatic rings. The van der Waals surface area contributed by atoms with Crippen LogP contribution in [0.4, 0.5) is 5.69 Å². The second-order valence-electron chi connectivity index (χ2n) is 5.89. The Morgan fingerprint density at radius 2 is 2.06 bits per heavy atom. The van der Waals surface area contributed by atoms with Crippen molar-refractivity contribution in [1.29, 1.82) is 0 Å². The molecule has 0 bridgehead atoms. The Bertz CT molecular complexity index is 356. The van der Waals surface area contributed by atoms with Crippen LogP contribution in [0.15, 0.2) is 24.3 Å². The first-order valence-corrected chi connectivity index (χ1v) is 7.01. The molecule has 1 saturated carbocycles. The van der Waals surface area contributed by atoms with E-state index >= 15 is 0 Å². The number of hydrogen-bond donors (Lipinski definition) is 1. The molecule has 1 aliphatic rings. The molecule has 0 amide bonds. The Balaban J connectivity index is 2.00. The molecule has 1 N–H and O–H groups in total. The first kappa shape index (κ1) is 12.5. The van der Waals surface area contributed by atoms with Crippen LogP contribution >= 0.6 is 0 Å². The summed E-state index contributed by atoms with van der Waals surface area (Å²) in [4.78, 5) is 0. The van der Waals surface area contributed by atoms with Crippen LogP contribution in [0.5, 0.6) is 0 Å². The summed E-state index contributed by atoms with van der Waals surface area (Å²) in [5, 5.41) is 3.71. The van der Waals surface area contributed by atoms with Crippen molar-refractivity contribution < 1.29 is 0 Å². The largest absolute Gasteiger partial charge is 0.382 e. The van der Waals surface area contributed by atoms with E-state index in [0.29, 0.717) is 12.0 Å². The molecular formula is C16H25N. The van der Waals surface area contributed by atoms with Crippen molar-refractivity contribution in [2.75, 3.05) is 5.32 Å². The van der Waals surface area contributed by atoms with E-state index in [0.717, 1.165) is 5.92 Å². The van der Waals surface area contributed by atoms with Gasteiger partial charge in [0.15, 0.2) is 0 Å². The van der Waals surface area contributed by atoms with Crippen LogP contribution in [-0.4, -0.2) is 6.04 Å². The second kappa shape index (κ2) is 5.57. The minimum absolute atomic E-state index is 0.613. The lowest BCUT2D eigenvalue weighted by Crippen LogP contribution is -2.26. The quantitative estimate of drug-likeness (QED) is 0.788. The van der Waals surface area contributed by atoms with Gasteiger partial charge in [0.2, 0.25) is 0 Å². The van der Waals surface area contributed by atoms with E-state index in [2.05, 4.69) is 50.4 Å². The third kappa shape index (κ3) is 3.49. The van der Waals surface area contributed by atoms with Crippen molar-refractivity contribution in [3.63, 3.8) is 0 Å². The number of anilines is 1. The molecule has 0 saturated heterocycles. The molecule has 2 unspecified atom stereocenters. The molecule has 2 atom stereocenters. The molecule has 94 valence electrons. The van der Waals surface area contributed by atoms with Gasteiger partial charge >= 0.3 is 0 Å². The van der Waals surface area contributed by atoms with Crippen LogP contribution in [-0.2, 0) is 0 Å². The summed E-state index contributed by atoms with van der Waals surface area (Å²) in [6.45, 7) is 6.88. The van der Waals surface area contributed by atoms with Gasteiger partial charge in [0.05, 0.1) is 0 Å². The molecule has 1 nitrogen and oxygen atoms in total. The summed E-state index contributed by atoms with van der Waals surface area (Å²) >= 11 is 0. The monoisotopic (exact) mass is 231 g/mol. The van der Waals surface area contributed by atoms with E-state index in [1.54, 1.807) is 0 Å². The number of hydrogen-bond acceptors (Lipinski definition) is 1. The van der Waals surface area contributed by atoms with Crippen LogP contribution in [0.3, 0.4) is 0 Å². The highest BCUT2D eigenvalue weighted by atomic mass is 14.9. The van der Waals surface area contributed by atoms with Crippen molar-refractivity contribution in [3.8, 4) is 0 Å². The van der Waals surface area contributed by atoms with Gasteiger partial charge in [-0.15, -0.1) is 0 Å². The second-order valence-corrected chi connectivity index (χ2v) is 5.89. The summed E-state index contributed by atoms with van der Waals surface area (Å²) in [5.74, 6) is 1.50. The minimum atomic E-state index is 0.613. The van der Waals surface area contributed by atoms with Gasteiger partial charge in [-0.05, 0) is 42.4 Å². The number of rotatable bonds is 3. The van der Waals surface area contributed by atoms with Gasteiger partial charge in [0, 0.05) is 11.7 Å². The molecule has 2 rings (SSSR count). The van der Waals surface area contributed by atoms with Gasteiger partial charge in [0.25, 0.3) is 0 Å². The van der Waals surface area contributed by atoms with Gasteiger partial charge < -0.3 is 5.32 Å². The highest BCUT2D eigenvalue weighted by Crippen LogP contribution is 2.27. The standard InChI is InChI=1S/C16H25N/c1-12(2)14-7-5-9-16(11-14)17-15-8-4-6-13(3)10-15/h5,7,9,11-13,15,17H,4,6,8,10H2,1-3H3. The van der Waals surface area contributed by atoms with Gasteiger partial charge in [-0.1, -0.05) is 45.7 Å². The summed E-state index contributed by atoms with van der Waals surface area (Å²) in [7, 11) is 0. The summed E-state index contributed by atoms with van der Waals surface area (Å²) < 4.78 is 0. The molecule has 17 heavy (non-hydrogen) atoms. The van der Waals surface area contributed by atoms with Gasteiger partial charge in [-0.25, -0.2) is 0 Å². The van der Waals surface area contributed by atoms with Crippen LogP contribution in [0.1, 0.15) is 57.9 Å². The van der Waals surface area contributed by atoms with Crippen molar-refractivity contribution in [3.05, 3.63) is 29.8 Å². The van der Waals surface area contributed by atoms with E-state index in [-0.39, 0.29) is 0 Å². The highest BCUT2D eigenvalue weighted by Gasteiger charge is 2.18. The van der Waals surface area contributed by atoms with Crippen molar-refractivity contribution in [2.45, 2.75) is 58.4 Å². The molecule has 1 fully saturated rings. The molecule has 0 aliphatic heterocycles. The molecule has 1 heteroatoms. The van der Waals surface area contributed by atoms with E-state index in [4.69, 9.17) is 0 Å². The zero-order valence-electron chi connectivity index (χ0n) is 11.4. The first-order valence-electron chi connectivity index (χ1n) is 7.01. The van der Waals surface area contributed by atoms with Crippen LogP contribution in [0, 0.1) is 5.92 Å². The highest BCUT2D eigenvalue weighted by molar-refractivity contribution is 5.47. The van der Waals surface area contributed by atoms with Crippen LogP contribution in [0.25, 0.3) is 0 Å². The summed E-state index contributed by atoms with van der Waals surface area (Å²) in [6, 6.07) is 9.58. The van der Waals surface area contributed by atoms with Crippen LogP contribution in [0.2, 0.25) is 0 Å². The average Bonchev–Trinajstić information content (AvgIpc) is 2.29. The third-order valence-corrected chi connectivity index (χ3v) is 3.86. The van der Waals surface area contributed by atoms with E-state index in [9.17, 15) is 0 Å². The topological polar surface area (TPSA) is 12.0 Å².